The van der Waals surface area contributed by atoms with Crippen LogP contribution in [0.5, 0.6) is 0 Å². The first-order valence-corrected chi connectivity index (χ1v) is 7.12. The number of aryl methyl sites for hydroxylation is 1. The fourth-order valence-corrected chi connectivity index (χ4v) is 2.63. The summed E-state index contributed by atoms with van der Waals surface area (Å²) in [5, 5.41) is 13.0. The molecule has 2 aromatic rings. The Morgan fingerprint density at radius 3 is 2.73 bits per heavy atom. The van der Waals surface area contributed by atoms with Crippen LogP contribution in [0.4, 0.5) is 10.1 Å². The molecule has 22 heavy (non-hydrogen) atoms. The van der Waals surface area contributed by atoms with E-state index in [-0.39, 0.29) is 5.82 Å². The molecule has 0 spiro atoms. The van der Waals surface area contributed by atoms with Crippen LogP contribution in [-0.4, -0.2) is 41.2 Å². The summed E-state index contributed by atoms with van der Waals surface area (Å²) in [4.78, 5) is 8.54. The van der Waals surface area contributed by atoms with E-state index in [1.807, 2.05) is 0 Å². The Labute approximate surface area is 127 Å². The molecule has 1 saturated heterocycles. The van der Waals surface area contributed by atoms with Crippen molar-refractivity contribution in [2.75, 3.05) is 31.1 Å². The summed E-state index contributed by atoms with van der Waals surface area (Å²) in [6, 6.07) is 6.41. The van der Waals surface area contributed by atoms with Crippen molar-refractivity contribution in [2.45, 2.75) is 13.5 Å². The number of rotatable bonds is 3. The third-order valence-electron chi connectivity index (χ3n) is 3.73. The second kappa shape index (κ2) is 6.12. The van der Waals surface area contributed by atoms with Gasteiger partial charge < -0.3 is 9.42 Å². The number of hydrogen-bond acceptors (Lipinski definition) is 6. The highest BCUT2D eigenvalue weighted by molar-refractivity contribution is 5.59. The third-order valence-corrected chi connectivity index (χ3v) is 3.73. The van der Waals surface area contributed by atoms with Crippen molar-refractivity contribution < 1.29 is 8.91 Å². The molecule has 3 rings (SSSR count). The average Bonchev–Trinajstić information content (AvgIpc) is 2.93. The van der Waals surface area contributed by atoms with Gasteiger partial charge in [0.1, 0.15) is 11.9 Å². The van der Waals surface area contributed by atoms with E-state index in [1.165, 1.54) is 12.1 Å². The molecule has 7 heteroatoms. The van der Waals surface area contributed by atoms with Gasteiger partial charge in [0.2, 0.25) is 5.89 Å². The number of aromatic nitrogens is 2. The minimum absolute atomic E-state index is 0.377. The molecule has 1 aliphatic rings. The molecule has 114 valence electrons. The Balaban J connectivity index is 1.63. The van der Waals surface area contributed by atoms with Gasteiger partial charge in [0.05, 0.1) is 17.8 Å². The predicted octanol–water partition coefficient (Wildman–Crippen LogP) is 1.71. The SMILES string of the molecule is Cc1nc(CN2CCN(c3ccc(F)cc3C#N)CC2)no1. The lowest BCUT2D eigenvalue weighted by atomic mass is 10.1. The molecule has 0 saturated carbocycles. The van der Waals surface area contributed by atoms with Crippen molar-refractivity contribution >= 4 is 5.69 Å². The Morgan fingerprint density at radius 1 is 1.32 bits per heavy atom. The smallest absolute Gasteiger partial charge is 0.223 e. The molecule has 0 unspecified atom stereocenters. The molecule has 0 N–H and O–H groups in total. The van der Waals surface area contributed by atoms with Crippen molar-refractivity contribution in [1.82, 2.24) is 15.0 Å². The molecule has 0 aliphatic carbocycles. The van der Waals surface area contributed by atoms with Gasteiger partial charge >= 0.3 is 0 Å². The molecule has 1 aromatic heterocycles. The zero-order chi connectivity index (χ0) is 15.5. The number of piperazine rings is 1. The molecule has 0 bridgehead atoms. The van der Waals surface area contributed by atoms with Crippen molar-refractivity contribution in [2.24, 2.45) is 0 Å². The summed E-state index contributed by atoms with van der Waals surface area (Å²) in [5.41, 5.74) is 1.17. The number of benzene rings is 1. The zero-order valence-corrected chi connectivity index (χ0v) is 12.3. The predicted molar refractivity (Wildman–Crippen MR) is 77.6 cm³/mol. The maximum atomic E-state index is 13.2. The summed E-state index contributed by atoms with van der Waals surface area (Å²) in [6.07, 6.45) is 0. The van der Waals surface area contributed by atoms with Gasteiger partial charge in [0, 0.05) is 33.1 Å². The van der Waals surface area contributed by atoms with E-state index in [9.17, 15) is 4.39 Å². The number of hydrogen-bond donors (Lipinski definition) is 0. The second-order valence-corrected chi connectivity index (χ2v) is 5.27. The van der Waals surface area contributed by atoms with Crippen LogP contribution >= 0.6 is 0 Å². The van der Waals surface area contributed by atoms with E-state index in [2.05, 4.69) is 26.0 Å². The van der Waals surface area contributed by atoms with Crippen molar-refractivity contribution in [1.29, 1.82) is 5.26 Å². The molecule has 6 nitrogen and oxygen atoms in total. The van der Waals surface area contributed by atoms with E-state index in [0.717, 1.165) is 31.9 Å². The van der Waals surface area contributed by atoms with Crippen LogP contribution in [0.1, 0.15) is 17.3 Å². The summed E-state index contributed by atoms with van der Waals surface area (Å²) < 4.78 is 18.2. The first-order valence-electron chi connectivity index (χ1n) is 7.12. The van der Waals surface area contributed by atoms with E-state index < -0.39 is 0 Å². The van der Waals surface area contributed by atoms with Gasteiger partial charge in [-0.2, -0.15) is 10.2 Å². The number of halogens is 1. The second-order valence-electron chi connectivity index (χ2n) is 5.27. The number of nitrogens with zero attached hydrogens (tertiary/aromatic N) is 5. The normalized spacial score (nSPS) is 15.8. The summed E-state index contributed by atoms with van der Waals surface area (Å²) in [6.45, 7) is 5.63. The average molecular weight is 301 g/mol. The molecule has 0 radical (unpaired) electrons. The topological polar surface area (TPSA) is 69.2 Å². The van der Waals surface area contributed by atoms with Crippen LogP contribution in [0.25, 0.3) is 0 Å². The minimum Gasteiger partial charge on any atom is -0.368 e. The lowest BCUT2D eigenvalue weighted by Crippen LogP contribution is -2.46. The maximum absolute atomic E-state index is 13.2. The summed E-state index contributed by atoms with van der Waals surface area (Å²) >= 11 is 0. The van der Waals surface area contributed by atoms with Crippen LogP contribution in [0.2, 0.25) is 0 Å². The van der Waals surface area contributed by atoms with E-state index in [0.29, 0.717) is 23.8 Å². The number of anilines is 1. The van der Waals surface area contributed by atoms with Crippen LogP contribution in [-0.2, 0) is 6.54 Å². The lowest BCUT2D eigenvalue weighted by molar-refractivity contribution is 0.240. The first kappa shape index (κ1) is 14.5. The summed E-state index contributed by atoms with van der Waals surface area (Å²) in [5.74, 6) is 0.871. The Morgan fingerprint density at radius 2 is 2.09 bits per heavy atom. The summed E-state index contributed by atoms with van der Waals surface area (Å²) in [7, 11) is 0. The largest absolute Gasteiger partial charge is 0.368 e. The van der Waals surface area contributed by atoms with Crippen LogP contribution in [0.15, 0.2) is 22.7 Å². The van der Waals surface area contributed by atoms with Crippen molar-refractivity contribution in [3.8, 4) is 6.07 Å². The van der Waals surface area contributed by atoms with Gasteiger partial charge in [0.15, 0.2) is 5.82 Å². The highest BCUT2D eigenvalue weighted by Gasteiger charge is 2.20. The minimum atomic E-state index is -0.383. The molecule has 1 aromatic carbocycles. The van der Waals surface area contributed by atoms with Gasteiger partial charge in [-0.1, -0.05) is 5.16 Å². The van der Waals surface area contributed by atoms with Crippen LogP contribution < -0.4 is 4.90 Å². The third kappa shape index (κ3) is 3.07. The van der Waals surface area contributed by atoms with Crippen molar-refractivity contribution in [3.05, 3.63) is 41.3 Å². The molecule has 2 heterocycles. The molecular formula is C15H16FN5O. The van der Waals surface area contributed by atoms with Gasteiger partial charge in [-0.15, -0.1) is 0 Å². The fourth-order valence-electron chi connectivity index (χ4n) is 2.63. The maximum Gasteiger partial charge on any atom is 0.223 e. The van der Waals surface area contributed by atoms with E-state index in [1.54, 1.807) is 13.0 Å². The Kier molecular flexibility index (Phi) is 4.02. The van der Waals surface area contributed by atoms with Crippen molar-refractivity contribution in [3.63, 3.8) is 0 Å². The first-order chi connectivity index (χ1) is 10.7. The Bertz CT molecular complexity index is 700. The molecule has 0 atom stereocenters. The highest BCUT2D eigenvalue weighted by atomic mass is 19.1. The zero-order valence-electron chi connectivity index (χ0n) is 12.3. The quantitative estimate of drug-likeness (QED) is 0.859. The standard InChI is InChI=1S/C15H16FN5O/c1-11-18-15(19-22-11)10-20-4-6-21(7-5-20)14-3-2-13(16)8-12(14)9-17/h2-3,8H,4-7,10H2,1H3. The van der Waals surface area contributed by atoms with E-state index in [4.69, 9.17) is 9.78 Å². The van der Waals surface area contributed by atoms with Crippen LogP contribution in [0, 0.1) is 24.1 Å². The molecule has 1 aliphatic heterocycles. The fraction of sp³-hybridized carbons (Fsp3) is 0.400. The van der Waals surface area contributed by atoms with Gasteiger partial charge in [-0.3, -0.25) is 4.90 Å². The van der Waals surface area contributed by atoms with E-state index >= 15 is 0 Å². The highest BCUT2D eigenvalue weighted by Crippen LogP contribution is 2.22. The molecule has 1 fully saturated rings. The van der Waals surface area contributed by atoms with Gasteiger partial charge in [0.25, 0.3) is 0 Å². The Hall–Kier alpha value is -2.46. The number of nitriles is 1. The van der Waals surface area contributed by atoms with Crippen LogP contribution in [0.3, 0.4) is 0 Å². The lowest BCUT2D eigenvalue weighted by Gasteiger charge is -2.35. The van der Waals surface area contributed by atoms with Gasteiger partial charge in [-0.05, 0) is 18.2 Å². The monoisotopic (exact) mass is 301 g/mol. The van der Waals surface area contributed by atoms with Gasteiger partial charge in [-0.25, -0.2) is 4.39 Å². The molecular weight excluding hydrogens is 285 g/mol. The molecule has 0 amide bonds.